The zero-order valence-electron chi connectivity index (χ0n) is 13.1. The lowest BCUT2D eigenvalue weighted by Crippen LogP contribution is -2.39. The Balaban J connectivity index is 1.67. The van der Waals surface area contributed by atoms with Crippen LogP contribution in [0.2, 0.25) is 5.02 Å². The second kappa shape index (κ2) is 7.05. The molecule has 0 fully saturated rings. The summed E-state index contributed by atoms with van der Waals surface area (Å²) in [5, 5.41) is 3.62. The molecule has 1 N–H and O–H groups in total. The molecule has 2 aromatic carbocycles. The maximum absolute atomic E-state index is 12.5. The van der Waals surface area contributed by atoms with Gasteiger partial charge in [0.1, 0.15) is 5.75 Å². The van der Waals surface area contributed by atoms with Gasteiger partial charge in [-0.3, -0.25) is 4.79 Å². The highest BCUT2D eigenvalue weighted by molar-refractivity contribution is 6.32. The van der Waals surface area contributed by atoms with Crippen LogP contribution < -0.4 is 10.1 Å². The summed E-state index contributed by atoms with van der Waals surface area (Å²) < 4.78 is 5.69. The van der Waals surface area contributed by atoms with Crippen molar-refractivity contribution in [1.29, 1.82) is 0 Å². The summed E-state index contributed by atoms with van der Waals surface area (Å²) >= 11 is 6.08. The number of carbonyl (C=O) groups is 1. The van der Waals surface area contributed by atoms with Gasteiger partial charge in [0, 0.05) is 0 Å². The van der Waals surface area contributed by atoms with Crippen LogP contribution in [0.25, 0.3) is 0 Å². The highest BCUT2D eigenvalue weighted by Gasteiger charge is 2.24. The highest BCUT2D eigenvalue weighted by Crippen LogP contribution is 2.30. The standard InChI is InChI=1S/C19H20ClNO2/c1-13(23-18-12-5-4-10-16(18)20)19(22)21-17-11-6-8-14-7-2-3-9-15(14)17/h2-5,7,9-10,12-13,17H,6,8,11H2,1H3,(H,21,22)/t13-,17-/m0/s1. The van der Waals surface area contributed by atoms with Crippen LogP contribution in [0.3, 0.4) is 0 Å². The van der Waals surface area contributed by atoms with Gasteiger partial charge >= 0.3 is 0 Å². The molecule has 2 aromatic rings. The number of amides is 1. The van der Waals surface area contributed by atoms with Crippen LogP contribution in [0.15, 0.2) is 48.5 Å². The number of rotatable bonds is 4. The monoisotopic (exact) mass is 329 g/mol. The van der Waals surface area contributed by atoms with Gasteiger partial charge < -0.3 is 10.1 Å². The molecule has 0 heterocycles. The smallest absolute Gasteiger partial charge is 0.261 e. The molecule has 1 amide bonds. The number of halogens is 1. The van der Waals surface area contributed by atoms with Crippen molar-refractivity contribution in [1.82, 2.24) is 5.32 Å². The molecule has 0 saturated heterocycles. The zero-order chi connectivity index (χ0) is 16.2. The van der Waals surface area contributed by atoms with Crippen molar-refractivity contribution in [2.75, 3.05) is 0 Å². The Morgan fingerprint density at radius 2 is 1.96 bits per heavy atom. The van der Waals surface area contributed by atoms with E-state index in [2.05, 4.69) is 17.4 Å². The van der Waals surface area contributed by atoms with Crippen molar-refractivity contribution in [3.63, 3.8) is 0 Å². The van der Waals surface area contributed by atoms with Crippen LogP contribution in [-0.4, -0.2) is 12.0 Å². The molecule has 0 radical (unpaired) electrons. The molecule has 120 valence electrons. The van der Waals surface area contributed by atoms with Crippen molar-refractivity contribution < 1.29 is 9.53 Å². The number of fused-ring (bicyclic) bond motifs is 1. The largest absolute Gasteiger partial charge is 0.479 e. The molecule has 0 aliphatic heterocycles. The van der Waals surface area contributed by atoms with Gasteiger partial charge in [-0.1, -0.05) is 48.0 Å². The van der Waals surface area contributed by atoms with Crippen molar-refractivity contribution in [3.05, 3.63) is 64.7 Å². The van der Waals surface area contributed by atoms with E-state index in [9.17, 15) is 4.79 Å². The van der Waals surface area contributed by atoms with Gasteiger partial charge in [-0.15, -0.1) is 0 Å². The van der Waals surface area contributed by atoms with Crippen LogP contribution in [0.5, 0.6) is 5.75 Å². The van der Waals surface area contributed by atoms with Gasteiger partial charge in [0.05, 0.1) is 11.1 Å². The lowest BCUT2D eigenvalue weighted by molar-refractivity contribution is -0.128. The maximum atomic E-state index is 12.5. The molecule has 1 aliphatic carbocycles. The minimum Gasteiger partial charge on any atom is -0.479 e. The minimum absolute atomic E-state index is 0.0599. The first-order chi connectivity index (χ1) is 11.1. The quantitative estimate of drug-likeness (QED) is 0.908. The number of hydrogen-bond acceptors (Lipinski definition) is 2. The lowest BCUT2D eigenvalue weighted by atomic mass is 9.87. The number of carbonyl (C=O) groups excluding carboxylic acids is 1. The summed E-state index contributed by atoms with van der Waals surface area (Å²) in [6, 6.07) is 15.5. The first kappa shape index (κ1) is 15.9. The number of para-hydroxylation sites is 1. The molecule has 3 nitrogen and oxygen atoms in total. The van der Waals surface area contributed by atoms with Crippen molar-refractivity contribution >= 4 is 17.5 Å². The number of nitrogens with one attached hydrogen (secondary N) is 1. The average molecular weight is 330 g/mol. The Kier molecular flexibility index (Phi) is 4.87. The van der Waals surface area contributed by atoms with Gasteiger partial charge in [0.15, 0.2) is 6.10 Å². The molecule has 0 spiro atoms. The van der Waals surface area contributed by atoms with E-state index >= 15 is 0 Å². The summed E-state index contributed by atoms with van der Waals surface area (Å²) in [5.41, 5.74) is 2.54. The molecular weight excluding hydrogens is 310 g/mol. The molecule has 0 aromatic heterocycles. The normalized spacial score (nSPS) is 17.9. The Hall–Kier alpha value is -2.00. The fourth-order valence-electron chi connectivity index (χ4n) is 2.98. The SMILES string of the molecule is C[C@H](Oc1ccccc1Cl)C(=O)N[C@H]1CCCc2ccccc21. The van der Waals surface area contributed by atoms with E-state index in [0.29, 0.717) is 10.8 Å². The first-order valence-corrected chi connectivity index (χ1v) is 8.32. The van der Waals surface area contributed by atoms with Crippen LogP contribution >= 0.6 is 11.6 Å². The van der Waals surface area contributed by atoms with Gasteiger partial charge in [0.25, 0.3) is 5.91 Å². The topological polar surface area (TPSA) is 38.3 Å². The molecule has 23 heavy (non-hydrogen) atoms. The second-order valence-electron chi connectivity index (χ2n) is 5.84. The van der Waals surface area contributed by atoms with Crippen LogP contribution in [0.1, 0.15) is 36.9 Å². The fraction of sp³-hybridized carbons (Fsp3) is 0.316. The van der Waals surface area contributed by atoms with Crippen LogP contribution in [-0.2, 0) is 11.2 Å². The van der Waals surface area contributed by atoms with Gasteiger partial charge in [0.2, 0.25) is 0 Å². The van der Waals surface area contributed by atoms with Crippen LogP contribution in [0.4, 0.5) is 0 Å². The molecule has 0 unspecified atom stereocenters. The third-order valence-corrected chi connectivity index (χ3v) is 4.51. The molecule has 1 aliphatic rings. The first-order valence-electron chi connectivity index (χ1n) is 7.94. The number of hydrogen-bond donors (Lipinski definition) is 1. The summed E-state index contributed by atoms with van der Waals surface area (Å²) in [5.74, 6) is 0.410. The van der Waals surface area contributed by atoms with E-state index < -0.39 is 6.10 Å². The van der Waals surface area contributed by atoms with Crippen molar-refractivity contribution in [2.24, 2.45) is 0 Å². The molecular formula is C19H20ClNO2. The zero-order valence-corrected chi connectivity index (χ0v) is 13.8. The summed E-state index contributed by atoms with van der Waals surface area (Å²) in [7, 11) is 0. The van der Waals surface area contributed by atoms with Gasteiger partial charge in [-0.2, -0.15) is 0 Å². The third-order valence-electron chi connectivity index (χ3n) is 4.20. The Labute approximate surface area is 141 Å². The Morgan fingerprint density at radius 1 is 1.22 bits per heavy atom. The summed E-state index contributed by atoms with van der Waals surface area (Å²) in [6.45, 7) is 1.74. The van der Waals surface area contributed by atoms with E-state index in [1.807, 2.05) is 24.3 Å². The van der Waals surface area contributed by atoms with Gasteiger partial charge in [-0.05, 0) is 49.4 Å². The average Bonchev–Trinajstić information content (AvgIpc) is 2.57. The van der Waals surface area contributed by atoms with Crippen molar-refractivity contribution in [2.45, 2.75) is 38.3 Å². The van der Waals surface area contributed by atoms with E-state index in [1.165, 1.54) is 11.1 Å². The second-order valence-corrected chi connectivity index (χ2v) is 6.25. The molecule has 4 heteroatoms. The summed E-state index contributed by atoms with van der Waals surface area (Å²) in [6.07, 6.45) is 2.53. The number of aryl methyl sites for hydroxylation is 1. The fourth-order valence-corrected chi connectivity index (χ4v) is 3.16. The number of ether oxygens (including phenoxy) is 1. The highest BCUT2D eigenvalue weighted by atomic mass is 35.5. The maximum Gasteiger partial charge on any atom is 0.261 e. The van der Waals surface area contributed by atoms with Crippen LogP contribution in [0, 0.1) is 0 Å². The predicted octanol–water partition coefficient (Wildman–Crippen LogP) is 4.30. The minimum atomic E-state index is -0.594. The Bertz CT molecular complexity index is 701. The predicted molar refractivity (Wildman–Crippen MR) is 91.8 cm³/mol. The third kappa shape index (κ3) is 3.67. The Morgan fingerprint density at radius 3 is 2.78 bits per heavy atom. The van der Waals surface area contributed by atoms with E-state index in [0.717, 1.165) is 19.3 Å². The molecule has 0 saturated carbocycles. The summed E-state index contributed by atoms with van der Waals surface area (Å²) in [4.78, 5) is 12.5. The van der Waals surface area contributed by atoms with Gasteiger partial charge in [-0.25, -0.2) is 0 Å². The molecule has 2 atom stereocenters. The molecule has 0 bridgehead atoms. The van der Waals surface area contributed by atoms with E-state index in [1.54, 1.807) is 19.1 Å². The van der Waals surface area contributed by atoms with E-state index in [-0.39, 0.29) is 11.9 Å². The van der Waals surface area contributed by atoms with E-state index in [4.69, 9.17) is 16.3 Å². The lowest BCUT2D eigenvalue weighted by Gasteiger charge is -2.27. The van der Waals surface area contributed by atoms with Crippen molar-refractivity contribution in [3.8, 4) is 5.75 Å². The number of benzene rings is 2. The molecule has 3 rings (SSSR count).